The van der Waals surface area contributed by atoms with Crippen LogP contribution in [-0.2, 0) is 22.7 Å². The molecule has 0 aliphatic rings. The van der Waals surface area contributed by atoms with Gasteiger partial charge in [-0.15, -0.1) is 11.3 Å². The van der Waals surface area contributed by atoms with Crippen LogP contribution < -0.4 is 4.72 Å². The molecule has 0 aliphatic carbocycles. The number of thiazole rings is 1. The van der Waals surface area contributed by atoms with Crippen LogP contribution in [0.15, 0.2) is 5.38 Å². The Morgan fingerprint density at radius 1 is 1.53 bits per heavy atom. The van der Waals surface area contributed by atoms with Gasteiger partial charge < -0.3 is 0 Å². The van der Waals surface area contributed by atoms with Crippen LogP contribution >= 0.6 is 11.3 Å². The summed E-state index contributed by atoms with van der Waals surface area (Å²) < 4.78 is 59.6. The number of hydrogen-bond donors (Lipinski definition) is 1. The molecule has 86 valence electrons. The fourth-order valence-corrected chi connectivity index (χ4v) is 1.95. The van der Waals surface area contributed by atoms with E-state index in [1.807, 2.05) is 0 Å². The molecular formula is C6H7F3N2O2S2. The maximum atomic E-state index is 12.1. The third-order valence-electron chi connectivity index (χ3n) is 1.33. The molecule has 9 heteroatoms. The predicted molar refractivity (Wildman–Crippen MR) is 48.8 cm³/mol. The van der Waals surface area contributed by atoms with E-state index in [1.165, 1.54) is 0 Å². The topological polar surface area (TPSA) is 59.1 Å². The molecule has 0 aliphatic heterocycles. The Morgan fingerprint density at radius 2 is 2.13 bits per heavy atom. The standard InChI is InChI=1S/C6H7F3N2O2S2/c1-15(12,13)10-2-5-11-4(3-14-5)6(7,8)9/h3,10H,2H2,1H3. The van der Waals surface area contributed by atoms with Crippen molar-refractivity contribution in [2.24, 2.45) is 0 Å². The van der Waals surface area contributed by atoms with Gasteiger partial charge in [0.15, 0.2) is 5.69 Å². The SMILES string of the molecule is CS(=O)(=O)NCc1nc(C(F)(F)F)cs1. The van der Waals surface area contributed by atoms with Crippen LogP contribution in [0.5, 0.6) is 0 Å². The van der Waals surface area contributed by atoms with E-state index < -0.39 is 21.9 Å². The lowest BCUT2D eigenvalue weighted by Crippen LogP contribution is -2.21. The molecule has 0 saturated heterocycles. The zero-order valence-corrected chi connectivity index (χ0v) is 9.13. The molecule has 4 nitrogen and oxygen atoms in total. The first-order valence-corrected chi connectivity index (χ1v) is 6.42. The van der Waals surface area contributed by atoms with Crippen molar-refractivity contribution in [3.05, 3.63) is 16.1 Å². The van der Waals surface area contributed by atoms with E-state index in [0.29, 0.717) is 0 Å². The fourth-order valence-electron chi connectivity index (χ4n) is 0.715. The van der Waals surface area contributed by atoms with Crippen LogP contribution in [0.3, 0.4) is 0 Å². The van der Waals surface area contributed by atoms with Gasteiger partial charge in [0.05, 0.1) is 12.8 Å². The highest BCUT2D eigenvalue weighted by molar-refractivity contribution is 7.88. The second-order valence-electron chi connectivity index (χ2n) is 2.72. The number of nitrogens with one attached hydrogen (secondary N) is 1. The van der Waals surface area contributed by atoms with Crippen molar-refractivity contribution in [2.45, 2.75) is 12.7 Å². The normalized spacial score (nSPS) is 13.1. The van der Waals surface area contributed by atoms with Gasteiger partial charge >= 0.3 is 6.18 Å². The number of halogens is 3. The molecule has 15 heavy (non-hydrogen) atoms. The first-order valence-electron chi connectivity index (χ1n) is 3.65. The molecule has 1 aromatic rings. The summed E-state index contributed by atoms with van der Waals surface area (Å²) >= 11 is 0.759. The second-order valence-corrected chi connectivity index (χ2v) is 5.49. The maximum Gasteiger partial charge on any atom is 0.434 e. The van der Waals surface area contributed by atoms with E-state index in [-0.39, 0.29) is 11.6 Å². The summed E-state index contributed by atoms with van der Waals surface area (Å²) in [5, 5.41) is 0.923. The van der Waals surface area contributed by atoms with Gasteiger partial charge in [0.1, 0.15) is 5.01 Å². The van der Waals surface area contributed by atoms with Gasteiger partial charge in [0.25, 0.3) is 0 Å². The molecule has 1 rings (SSSR count). The largest absolute Gasteiger partial charge is 0.434 e. The van der Waals surface area contributed by atoms with Gasteiger partial charge in [-0.3, -0.25) is 0 Å². The zero-order chi connectivity index (χ0) is 11.7. The van der Waals surface area contributed by atoms with E-state index in [0.717, 1.165) is 23.0 Å². The van der Waals surface area contributed by atoms with Crippen LogP contribution in [0.25, 0.3) is 0 Å². The Balaban J connectivity index is 2.70. The first-order chi connectivity index (χ1) is 6.68. The Morgan fingerprint density at radius 3 is 2.53 bits per heavy atom. The number of sulfonamides is 1. The zero-order valence-electron chi connectivity index (χ0n) is 7.50. The Hall–Kier alpha value is -0.670. The van der Waals surface area contributed by atoms with Crippen molar-refractivity contribution in [1.29, 1.82) is 0 Å². The highest BCUT2D eigenvalue weighted by Gasteiger charge is 2.33. The monoisotopic (exact) mass is 260 g/mol. The maximum absolute atomic E-state index is 12.1. The molecule has 0 amide bonds. The molecule has 0 bridgehead atoms. The predicted octanol–water partition coefficient (Wildman–Crippen LogP) is 1.21. The summed E-state index contributed by atoms with van der Waals surface area (Å²) in [5.74, 6) is 0. The molecule has 0 spiro atoms. The quantitative estimate of drug-likeness (QED) is 0.888. The molecule has 1 heterocycles. The summed E-state index contributed by atoms with van der Waals surface area (Å²) in [6.45, 7) is -0.223. The number of aromatic nitrogens is 1. The Kier molecular flexibility index (Phi) is 3.36. The fraction of sp³-hybridized carbons (Fsp3) is 0.500. The summed E-state index contributed by atoms with van der Waals surface area (Å²) in [6, 6.07) is 0. The number of rotatable bonds is 3. The van der Waals surface area contributed by atoms with E-state index in [9.17, 15) is 21.6 Å². The average molecular weight is 260 g/mol. The minimum absolute atomic E-state index is 0.0766. The van der Waals surface area contributed by atoms with E-state index in [4.69, 9.17) is 0 Å². The smallest absolute Gasteiger partial charge is 0.235 e. The molecule has 0 unspecified atom stereocenters. The third-order valence-corrected chi connectivity index (χ3v) is 2.85. The van der Waals surface area contributed by atoms with Crippen LogP contribution in [0.4, 0.5) is 13.2 Å². The molecule has 1 N–H and O–H groups in total. The summed E-state index contributed by atoms with van der Waals surface area (Å²) in [5.41, 5.74) is -1.00. The Bertz CT molecular complexity index is 437. The van der Waals surface area contributed by atoms with Crippen molar-refractivity contribution in [3.63, 3.8) is 0 Å². The van der Waals surface area contributed by atoms with Crippen LogP contribution in [0.1, 0.15) is 10.7 Å². The molecule has 0 atom stereocenters. The summed E-state index contributed by atoms with van der Waals surface area (Å²) in [4.78, 5) is 3.25. The van der Waals surface area contributed by atoms with E-state index in [2.05, 4.69) is 9.71 Å². The molecule has 1 aromatic heterocycles. The highest BCUT2D eigenvalue weighted by atomic mass is 32.2. The number of nitrogens with zero attached hydrogens (tertiary/aromatic N) is 1. The van der Waals surface area contributed by atoms with Crippen LogP contribution in [-0.4, -0.2) is 19.7 Å². The lowest BCUT2D eigenvalue weighted by atomic mass is 10.5. The average Bonchev–Trinajstić information content (AvgIpc) is 2.45. The lowest BCUT2D eigenvalue weighted by Gasteiger charge is -2.00. The van der Waals surface area contributed by atoms with Crippen LogP contribution in [0.2, 0.25) is 0 Å². The number of alkyl halides is 3. The second kappa shape index (κ2) is 4.06. The van der Waals surface area contributed by atoms with Gasteiger partial charge in [0, 0.05) is 5.38 Å². The summed E-state index contributed by atoms with van der Waals surface area (Å²) in [7, 11) is -3.41. The van der Waals surface area contributed by atoms with Crippen molar-refractivity contribution in [1.82, 2.24) is 9.71 Å². The molecular weight excluding hydrogens is 253 g/mol. The van der Waals surface area contributed by atoms with Gasteiger partial charge in [-0.1, -0.05) is 0 Å². The van der Waals surface area contributed by atoms with E-state index in [1.54, 1.807) is 0 Å². The third kappa shape index (κ3) is 4.14. The lowest BCUT2D eigenvalue weighted by molar-refractivity contribution is -0.140. The first kappa shape index (κ1) is 12.4. The van der Waals surface area contributed by atoms with E-state index >= 15 is 0 Å². The summed E-state index contributed by atoms with van der Waals surface area (Å²) in [6.07, 6.45) is -3.56. The van der Waals surface area contributed by atoms with Gasteiger partial charge in [0.2, 0.25) is 10.0 Å². The molecule has 0 radical (unpaired) electrons. The van der Waals surface area contributed by atoms with Crippen molar-refractivity contribution < 1.29 is 21.6 Å². The van der Waals surface area contributed by atoms with Crippen molar-refractivity contribution >= 4 is 21.4 Å². The molecule has 0 aromatic carbocycles. The van der Waals surface area contributed by atoms with Crippen LogP contribution in [0, 0.1) is 0 Å². The van der Waals surface area contributed by atoms with Gasteiger partial charge in [-0.05, 0) is 0 Å². The Labute approximate surface area is 88.2 Å². The van der Waals surface area contributed by atoms with Gasteiger partial charge in [-0.2, -0.15) is 13.2 Å². The van der Waals surface area contributed by atoms with Crippen molar-refractivity contribution in [2.75, 3.05) is 6.26 Å². The minimum atomic E-state index is -4.49. The minimum Gasteiger partial charge on any atom is -0.235 e. The molecule has 0 fully saturated rings. The van der Waals surface area contributed by atoms with Crippen molar-refractivity contribution in [3.8, 4) is 0 Å². The number of hydrogen-bond acceptors (Lipinski definition) is 4. The molecule has 0 saturated carbocycles. The highest BCUT2D eigenvalue weighted by Crippen LogP contribution is 2.29. The van der Waals surface area contributed by atoms with Gasteiger partial charge in [-0.25, -0.2) is 18.1 Å².